The molecule has 1 fully saturated rings. The molecule has 0 unspecified atom stereocenters. The van der Waals surface area contributed by atoms with Crippen molar-refractivity contribution in [2.45, 2.75) is 38.6 Å². The molecule has 1 saturated carbocycles. The summed E-state index contributed by atoms with van der Waals surface area (Å²) >= 11 is 0. The van der Waals surface area contributed by atoms with Gasteiger partial charge in [-0.25, -0.2) is 0 Å². The van der Waals surface area contributed by atoms with Gasteiger partial charge in [0.05, 0.1) is 0 Å². The zero-order valence-corrected chi connectivity index (χ0v) is 12.1. The molecule has 106 valence electrons. The van der Waals surface area contributed by atoms with E-state index < -0.39 is 0 Å². The van der Waals surface area contributed by atoms with E-state index in [9.17, 15) is 4.79 Å². The van der Waals surface area contributed by atoms with Crippen LogP contribution in [0.3, 0.4) is 0 Å². The zero-order valence-electron chi connectivity index (χ0n) is 12.1. The lowest BCUT2D eigenvalue weighted by Gasteiger charge is -2.24. The van der Waals surface area contributed by atoms with E-state index in [1.807, 2.05) is 37.1 Å². The summed E-state index contributed by atoms with van der Waals surface area (Å²) in [5.74, 6) is 5.59. The van der Waals surface area contributed by atoms with Gasteiger partial charge < -0.3 is 10.0 Å². The molecular formula is C17H21NO2. The summed E-state index contributed by atoms with van der Waals surface area (Å²) < 4.78 is 0. The topological polar surface area (TPSA) is 40.5 Å². The summed E-state index contributed by atoms with van der Waals surface area (Å²) in [6, 6.07) is 5.96. The van der Waals surface area contributed by atoms with Gasteiger partial charge in [0.1, 0.15) is 6.61 Å². The van der Waals surface area contributed by atoms with Crippen molar-refractivity contribution in [2.24, 2.45) is 0 Å². The van der Waals surface area contributed by atoms with Gasteiger partial charge in [-0.1, -0.05) is 30.7 Å². The zero-order chi connectivity index (χ0) is 14.5. The fourth-order valence-electron chi connectivity index (χ4n) is 2.69. The Labute approximate surface area is 120 Å². The molecule has 0 bridgehead atoms. The Hall–Kier alpha value is -1.79. The molecule has 1 amide bonds. The first-order chi connectivity index (χ1) is 9.63. The first-order valence-electron chi connectivity index (χ1n) is 7.11. The minimum absolute atomic E-state index is 0.0592. The Balaban J connectivity index is 2.21. The molecule has 0 saturated heterocycles. The minimum Gasteiger partial charge on any atom is -0.384 e. The average molecular weight is 271 g/mol. The maximum absolute atomic E-state index is 12.5. The standard InChI is InChI=1S/C17H21NO2/c1-13-9-10-15(12-14(13)6-5-11-19)17(20)18(2)16-7-3-4-8-16/h9-10,12,16,19H,3-4,7-8,11H2,1-2H3. The van der Waals surface area contributed by atoms with E-state index >= 15 is 0 Å². The number of aliphatic hydroxyl groups is 1. The lowest BCUT2D eigenvalue weighted by atomic mass is 10.0. The lowest BCUT2D eigenvalue weighted by Crippen LogP contribution is -2.35. The van der Waals surface area contributed by atoms with Crippen LogP contribution < -0.4 is 0 Å². The van der Waals surface area contributed by atoms with E-state index in [1.165, 1.54) is 12.8 Å². The van der Waals surface area contributed by atoms with Crippen LogP contribution in [0.25, 0.3) is 0 Å². The molecule has 0 aliphatic heterocycles. The molecule has 1 aromatic carbocycles. The Bertz CT molecular complexity index is 548. The molecule has 2 rings (SSSR count). The molecule has 0 heterocycles. The number of hydrogen-bond acceptors (Lipinski definition) is 2. The molecule has 0 atom stereocenters. The first kappa shape index (κ1) is 14.6. The number of carbonyl (C=O) groups excluding carboxylic acids is 1. The number of aliphatic hydroxyl groups excluding tert-OH is 1. The van der Waals surface area contributed by atoms with E-state index in [1.54, 1.807) is 0 Å². The molecule has 0 radical (unpaired) electrons. The largest absolute Gasteiger partial charge is 0.384 e. The van der Waals surface area contributed by atoms with Crippen LogP contribution in [0, 0.1) is 18.8 Å². The summed E-state index contributed by atoms with van der Waals surface area (Å²) in [4.78, 5) is 14.4. The number of carbonyl (C=O) groups is 1. The van der Waals surface area contributed by atoms with Crippen molar-refractivity contribution in [3.63, 3.8) is 0 Å². The van der Waals surface area contributed by atoms with Crippen LogP contribution in [-0.4, -0.2) is 35.6 Å². The highest BCUT2D eigenvalue weighted by molar-refractivity contribution is 5.94. The van der Waals surface area contributed by atoms with E-state index in [4.69, 9.17) is 5.11 Å². The van der Waals surface area contributed by atoms with Gasteiger partial charge >= 0.3 is 0 Å². The third kappa shape index (κ3) is 3.20. The monoisotopic (exact) mass is 271 g/mol. The van der Waals surface area contributed by atoms with Crippen molar-refractivity contribution in [3.05, 3.63) is 34.9 Å². The summed E-state index contributed by atoms with van der Waals surface area (Å²) in [6.07, 6.45) is 4.63. The van der Waals surface area contributed by atoms with Crippen LogP contribution in [0.1, 0.15) is 47.2 Å². The van der Waals surface area contributed by atoms with Crippen molar-refractivity contribution in [1.29, 1.82) is 0 Å². The molecule has 3 heteroatoms. The maximum Gasteiger partial charge on any atom is 0.253 e. The van der Waals surface area contributed by atoms with Crippen molar-refractivity contribution in [1.82, 2.24) is 4.90 Å². The third-order valence-electron chi connectivity index (χ3n) is 3.98. The Morgan fingerprint density at radius 1 is 1.40 bits per heavy atom. The molecule has 1 aliphatic carbocycles. The number of hydrogen-bond donors (Lipinski definition) is 1. The Morgan fingerprint density at radius 2 is 2.10 bits per heavy atom. The minimum atomic E-state index is -0.167. The highest BCUT2D eigenvalue weighted by atomic mass is 16.2. The van der Waals surface area contributed by atoms with Gasteiger partial charge in [-0.05, 0) is 37.5 Å². The molecule has 0 spiro atoms. The predicted molar refractivity (Wildman–Crippen MR) is 79.5 cm³/mol. The quantitative estimate of drug-likeness (QED) is 0.839. The van der Waals surface area contributed by atoms with Crippen LogP contribution >= 0.6 is 0 Å². The SMILES string of the molecule is Cc1ccc(C(=O)N(C)C2CCCC2)cc1C#CCO. The molecule has 1 aromatic rings. The second-order valence-corrected chi connectivity index (χ2v) is 5.34. The fraction of sp³-hybridized carbons (Fsp3) is 0.471. The second kappa shape index (κ2) is 6.58. The number of nitrogens with zero attached hydrogens (tertiary/aromatic N) is 1. The van der Waals surface area contributed by atoms with E-state index in [-0.39, 0.29) is 12.5 Å². The maximum atomic E-state index is 12.5. The highest BCUT2D eigenvalue weighted by Gasteiger charge is 2.24. The van der Waals surface area contributed by atoms with Gasteiger partial charge in [0, 0.05) is 24.2 Å². The summed E-state index contributed by atoms with van der Waals surface area (Å²) in [6.45, 7) is 1.79. The smallest absolute Gasteiger partial charge is 0.253 e. The van der Waals surface area contributed by atoms with Crippen LogP contribution in [0.2, 0.25) is 0 Å². The number of amides is 1. The van der Waals surface area contributed by atoms with Gasteiger partial charge in [-0.15, -0.1) is 0 Å². The van der Waals surface area contributed by atoms with Gasteiger partial charge in [-0.3, -0.25) is 4.79 Å². The summed E-state index contributed by atoms with van der Waals surface area (Å²) in [7, 11) is 1.89. The van der Waals surface area contributed by atoms with Crippen LogP contribution in [0.4, 0.5) is 0 Å². The van der Waals surface area contributed by atoms with Crippen molar-refractivity contribution >= 4 is 5.91 Å². The van der Waals surface area contributed by atoms with Crippen molar-refractivity contribution < 1.29 is 9.90 Å². The van der Waals surface area contributed by atoms with Crippen LogP contribution in [-0.2, 0) is 0 Å². The second-order valence-electron chi connectivity index (χ2n) is 5.34. The molecule has 0 aromatic heterocycles. The molecule has 20 heavy (non-hydrogen) atoms. The van der Waals surface area contributed by atoms with Gasteiger partial charge in [0.25, 0.3) is 5.91 Å². The van der Waals surface area contributed by atoms with Gasteiger partial charge in [0.15, 0.2) is 0 Å². The Kier molecular flexibility index (Phi) is 4.81. The fourth-order valence-corrected chi connectivity index (χ4v) is 2.69. The lowest BCUT2D eigenvalue weighted by molar-refractivity contribution is 0.0735. The van der Waals surface area contributed by atoms with Gasteiger partial charge in [0.2, 0.25) is 0 Å². The Morgan fingerprint density at radius 3 is 2.75 bits per heavy atom. The molecular weight excluding hydrogens is 250 g/mol. The summed E-state index contributed by atoms with van der Waals surface area (Å²) in [5.41, 5.74) is 2.50. The van der Waals surface area contributed by atoms with E-state index in [0.717, 1.165) is 24.0 Å². The number of benzene rings is 1. The van der Waals surface area contributed by atoms with E-state index in [0.29, 0.717) is 11.6 Å². The van der Waals surface area contributed by atoms with Crippen molar-refractivity contribution in [2.75, 3.05) is 13.7 Å². The molecule has 1 N–H and O–H groups in total. The normalized spacial score (nSPS) is 14.8. The molecule has 3 nitrogen and oxygen atoms in total. The van der Waals surface area contributed by atoms with Crippen LogP contribution in [0.15, 0.2) is 18.2 Å². The summed E-state index contributed by atoms with van der Waals surface area (Å²) in [5, 5.41) is 8.78. The van der Waals surface area contributed by atoms with Crippen molar-refractivity contribution in [3.8, 4) is 11.8 Å². The number of rotatable bonds is 2. The third-order valence-corrected chi connectivity index (χ3v) is 3.98. The van der Waals surface area contributed by atoms with E-state index in [2.05, 4.69) is 11.8 Å². The van der Waals surface area contributed by atoms with Gasteiger partial charge in [-0.2, -0.15) is 0 Å². The number of aryl methyl sites for hydroxylation is 1. The average Bonchev–Trinajstić information content (AvgIpc) is 2.99. The van der Waals surface area contributed by atoms with Crippen LogP contribution in [0.5, 0.6) is 0 Å². The highest BCUT2D eigenvalue weighted by Crippen LogP contribution is 2.24. The first-order valence-corrected chi connectivity index (χ1v) is 7.11. The molecule has 1 aliphatic rings. The predicted octanol–water partition coefficient (Wildman–Crippen LogP) is 2.35.